The topological polar surface area (TPSA) is 75.8 Å². The van der Waals surface area contributed by atoms with E-state index in [4.69, 9.17) is 10.5 Å². The molecule has 0 heterocycles. The van der Waals surface area contributed by atoms with E-state index in [0.717, 1.165) is 23.5 Å². The zero-order valence-electron chi connectivity index (χ0n) is 12.1. The summed E-state index contributed by atoms with van der Waals surface area (Å²) >= 11 is 0. The summed E-state index contributed by atoms with van der Waals surface area (Å²) in [6.45, 7) is 0.268. The van der Waals surface area contributed by atoms with Crippen LogP contribution in [0, 0.1) is 5.92 Å². The molecular formula is C17H19KN2O3. The quantitative estimate of drug-likeness (QED) is 0.500. The Morgan fingerprint density at radius 1 is 1.17 bits per heavy atom. The molecule has 2 aromatic carbocycles. The van der Waals surface area contributed by atoms with Crippen molar-refractivity contribution in [1.29, 1.82) is 0 Å². The van der Waals surface area contributed by atoms with Gasteiger partial charge in [0.1, 0.15) is 11.5 Å². The van der Waals surface area contributed by atoms with Gasteiger partial charge in [-0.2, -0.15) is 0 Å². The Morgan fingerprint density at radius 3 is 2.57 bits per heavy atom. The van der Waals surface area contributed by atoms with Crippen molar-refractivity contribution in [1.82, 2.24) is 5.06 Å². The second-order valence-electron chi connectivity index (χ2n) is 5.51. The minimum absolute atomic E-state index is 0. The first-order valence-electron chi connectivity index (χ1n) is 7.22. The number of amides is 2. The van der Waals surface area contributed by atoms with Crippen LogP contribution in [0.4, 0.5) is 4.79 Å². The van der Waals surface area contributed by atoms with Crippen LogP contribution in [0.1, 0.15) is 17.9 Å². The number of hydroxylamine groups is 2. The molecule has 2 atom stereocenters. The Balaban J connectivity index is 0.00000192. The molecule has 5 nitrogen and oxygen atoms in total. The summed E-state index contributed by atoms with van der Waals surface area (Å²) in [4.78, 5) is 10.8. The van der Waals surface area contributed by atoms with Gasteiger partial charge >= 0.3 is 57.4 Å². The first-order chi connectivity index (χ1) is 10.6. The number of carbonyl (C=O) groups excluding carboxylic acids is 1. The summed E-state index contributed by atoms with van der Waals surface area (Å²) in [5.74, 6) is 2.14. The predicted octanol–water partition coefficient (Wildman–Crippen LogP) is 2.70. The van der Waals surface area contributed by atoms with E-state index < -0.39 is 6.03 Å². The van der Waals surface area contributed by atoms with Gasteiger partial charge in [0.15, 0.2) is 0 Å². The van der Waals surface area contributed by atoms with E-state index >= 15 is 0 Å². The molecular weight excluding hydrogens is 319 g/mol. The zero-order chi connectivity index (χ0) is 15.5. The molecule has 0 bridgehead atoms. The molecule has 0 radical (unpaired) electrons. The fourth-order valence-electron chi connectivity index (χ4n) is 2.60. The van der Waals surface area contributed by atoms with Gasteiger partial charge < -0.3 is 10.5 Å². The van der Waals surface area contributed by atoms with E-state index in [1.54, 1.807) is 0 Å². The van der Waals surface area contributed by atoms with Gasteiger partial charge in [0, 0.05) is 0 Å². The number of ether oxygens (including phenoxy) is 1. The normalized spacial score (nSPS) is 18.7. The molecule has 0 saturated heterocycles. The molecule has 23 heavy (non-hydrogen) atoms. The van der Waals surface area contributed by atoms with E-state index in [2.05, 4.69) is 0 Å². The third kappa shape index (κ3) is 5.04. The van der Waals surface area contributed by atoms with Gasteiger partial charge in [0.2, 0.25) is 0 Å². The summed E-state index contributed by atoms with van der Waals surface area (Å²) in [7, 11) is 0. The van der Waals surface area contributed by atoms with Gasteiger partial charge in [-0.1, -0.05) is 30.3 Å². The van der Waals surface area contributed by atoms with E-state index in [1.807, 2.05) is 54.6 Å². The molecule has 116 valence electrons. The van der Waals surface area contributed by atoms with Crippen molar-refractivity contribution in [3.8, 4) is 11.5 Å². The molecule has 0 aromatic heterocycles. The van der Waals surface area contributed by atoms with Crippen molar-refractivity contribution in [3.05, 3.63) is 60.2 Å². The van der Waals surface area contributed by atoms with Crippen molar-refractivity contribution in [2.75, 3.05) is 6.54 Å². The standard InChI is InChI=1S/C17H18N2O3.K.H/c18-17(20)19(21)11-13-10-16(13)12-5-4-8-15(9-12)22-14-6-2-1-3-7-14;;/h1-9,13,16,21H,10-11H2,(H2,18,20);;/t13-,16-;;/m0../s1. The molecule has 2 aromatic rings. The van der Waals surface area contributed by atoms with Crippen LogP contribution in [0.5, 0.6) is 11.5 Å². The van der Waals surface area contributed by atoms with Crippen molar-refractivity contribution in [2.24, 2.45) is 11.7 Å². The fraction of sp³-hybridized carbons (Fsp3) is 0.235. The molecule has 3 N–H and O–H groups in total. The fourth-order valence-corrected chi connectivity index (χ4v) is 2.60. The van der Waals surface area contributed by atoms with Crippen molar-refractivity contribution < 1.29 is 14.7 Å². The number of rotatable bonds is 5. The van der Waals surface area contributed by atoms with Gasteiger partial charge in [-0.25, -0.2) is 9.86 Å². The number of nitrogens with zero attached hydrogens (tertiary/aromatic N) is 1. The Hall–Kier alpha value is -0.894. The Labute approximate surface area is 177 Å². The predicted molar refractivity (Wildman–Crippen MR) is 89.0 cm³/mol. The molecule has 0 spiro atoms. The van der Waals surface area contributed by atoms with Crippen molar-refractivity contribution in [2.45, 2.75) is 12.3 Å². The number of para-hydroxylation sites is 1. The maximum absolute atomic E-state index is 10.8. The van der Waals surface area contributed by atoms with Crippen molar-refractivity contribution >= 4 is 57.4 Å². The van der Waals surface area contributed by atoms with Gasteiger partial charge in [-0.3, -0.25) is 5.21 Å². The van der Waals surface area contributed by atoms with Crippen LogP contribution in [0.3, 0.4) is 0 Å². The monoisotopic (exact) mass is 338 g/mol. The molecule has 1 fully saturated rings. The molecule has 1 aliphatic carbocycles. The van der Waals surface area contributed by atoms with Crippen LogP contribution in [-0.2, 0) is 0 Å². The zero-order valence-corrected chi connectivity index (χ0v) is 12.1. The summed E-state index contributed by atoms with van der Waals surface area (Å²) in [6.07, 6.45) is 0.930. The average molecular weight is 338 g/mol. The maximum atomic E-state index is 10.8. The number of hydrogen-bond acceptors (Lipinski definition) is 3. The van der Waals surface area contributed by atoms with Crippen LogP contribution in [-0.4, -0.2) is 74.2 Å². The summed E-state index contributed by atoms with van der Waals surface area (Å²) in [6, 6.07) is 16.7. The van der Waals surface area contributed by atoms with E-state index in [0.29, 0.717) is 11.0 Å². The number of hydrogen-bond donors (Lipinski definition) is 2. The van der Waals surface area contributed by atoms with Crippen LogP contribution < -0.4 is 10.5 Å². The average Bonchev–Trinajstić information content (AvgIpc) is 3.28. The summed E-state index contributed by atoms with van der Waals surface area (Å²) < 4.78 is 5.82. The van der Waals surface area contributed by atoms with E-state index in [9.17, 15) is 10.0 Å². The Bertz CT molecular complexity index is 666. The molecule has 2 amide bonds. The number of primary amides is 1. The summed E-state index contributed by atoms with van der Waals surface area (Å²) in [5, 5.41) is 9.96. The second kappa shape index (κ2) is 8.28. The van der Waals surface area contributed by atoms with Gasteiger partial charge in [0.05, 0.1) is 6.54 Å². The molecule has 6 heteroatoms. The molecule has 3 rings (SSSR count). The van der Waals surface area contributed by atoms with Crippen LogP contribution in [0.2, 0.25) is 0 Å². The van der Waals surface area contributed by atoms with E-state index in [1.165, 1.54) is 0 Å². The third-order valence-electron chi connectivity index (χ3n) is 3.85. The number of benzene rings is 2. The molecule has 0 unspecified atom stereocenters. The number of carbonyl (C=O) groups is 1. The number of urea groups is 1. The Kier molecular flexibility index (Phi) is 6.64. The first kappa shape index (κ1) is 18.4. The SMILES string of the molecule is NC(=O)N(O)C[C@@H]1C[C@H]1c1cccc(Oc2ccccc2)c1.[KH]. The van der Waals surface area contributed by atoms with Gasteiger partial charge in [-0.15, -0.1) is 0 Å². The van der Waals surface area contributed by atoms with Crippen LogP contribution in [0.25, 0.3) is 0 Å². The molecule has 1 saturated carbocycles. The molecule has 0 aliphatic heterocycles. The second-order valence-corrected chi connectivity index (χ2v) is 5.51. The summed E-state index contributed by atoms with van der Waals surface area (Å²) in [5.41, 5.74) is 6.17. The first-order valence-corrected chi connectivity index (χ1v) is 7.22. The van der Waals surface area contributed by atoms with Crippen LogP contribution >= 0.6 is 0 Å². The minimum atomic E-state index is -0.813. The van der Waals surface area contributed by atoms with Gasteiger partial charge in [0.25, 0.3) is 0 Å². The van der Waals surface area contributed by atoms with E-state index in [-0.39, 0.29) is 63.8 Å². The molecule has 1 aliphatic rings. The Morgan fingerprint density at radius 2 is 1.87 bits per heavy atom. The third-order valence-corrected chi connectivity index (χ3v) is 3.85. The number of nitrogens with two attached hydrogens (primary N) is 1. The van der Waals surface area contributed by atoms with Crippen molar-refractivity contribution in [3.63, 3.8) is 0 Å². The van der Waals surface area contributed by atoms with Gasteiger partial charge in [-0.05, 0) is 48.1 Å². The van der Waals surface area contributed by atoms with Crippen LogP contribution in [0.15, 0.2) is 54.6 Å².